The van der Waals surface area contributed by atoms with Crippen LogP contribution in [0.2, 0.25) is 0 Å². The smallest absolute Gasteiger partial charge is 0.189 e. The van der Waals surface area contributed by atoms with Gasteiger partial charge in [-0.15, -0.1) is 0 Å². The Bertz CT molecular complexity index is 1120. The minimum atomic E-state index is -0.299. The number of Topliss-reactive ketones (excluding diaryl/α,β-unsaturated/α-hetero) is 1. The zero-order chi connectivity index (χ0) is 22.6. The molecule has 5 rings (SSSR count). The number of likely N-dealkylation sites (tertiary alicyclic amines) is 1. The largest absolute Gasteiger partial charge is 0.468 e. The van der Waals surface area contributed by atoms with Crippen LogP contribution in [0.4, 0.5) is 4.39 Å². The van der Waals surface area contributed by atoms with Crippen molar-refractivity contribution in [3.63, 3.8) is 0 Å². The number of aromatic nitrogens is 1. The number of rotatable bonds is 8. The fourth-order valence-electron chi connectivity index (χ4n) is 4.93. The van der Waals surface area contributed by atoms with Crippen LogP contribution in [0.3, 0.4) is 0 Å². The lowest BCUT2D eigenvalue weighted by molar-refractivity contribution is 0.0106. The van der Waals surface area contributed by atoms with E-state index in [0.717, 1.165) is 79.7 Å². The quantitative estimate of drug-likeness (QED) is 0.350. The first kappa shape index (κ1) is 22.0. The fourth-order valence-corrected chi connectivity index (χ4v) is 4.93. The highest BCUT2D eigenvalue weighted by Gasteiger charge is 2.25. The van der Waals surface area contributed by atoms with E-state index in [0.29, 0.717) is 24.5 Å². The molecule has 0 atom stereocenters. The molecule has 0 spiro atoms. The summed E-state index contributed by atoms with van der Waals surface area (Å²) in [5.74, 6) is 1.04. The maximum absolute atomic E-state index is 13.4. The van der Waals surface area contributed by atoms with Gasteiger partial charge in [-0.2, -0.15) is 0 Å². The summed E-state index contributed by atoms with van der Waals surface area (Å²) in [5.41, 5.74) is 3.40. The predicted octanol–water partition coefficient (Wildman–Crippen LogP) is 5.11. The highest BCUT2D eigenvalue weighted by atomic mass is 19.1. The molecule has 0 amide bonds. The van der Waals surface area contributed by atoms with Crippen molar-refractivity contribution < 1.29 is 23.2 Å². The molecule has 6 nitrogen and oxygen atoms in total. The van der Waals surface area contributed by atoms with Crippen molar-refractivity contribution in [1.29, 1.82) is 0 Å². The van der Waals surface area contributed by atoms with Crippen molar-refractivity contribution in [2.75, 3.05) is 33.0 Å². The maximum atomic E-state index is 13.4. The molecule has 2 aromatic carbocycles. The lowest BCUT2D eigenvalue weighted by atomic mass is 9.91. The lowest BCUT2D eigenvalue weighted by Crippen LogP contribution is -2.34. The van der Waals surface area contributed by atoms with Gasteiger partial charge in [0.05, 0.1) is 12.3 Å². The Hall–Kier alpha value is -2.77. The number of hydrogen-bond acceptors (Lipinski definition) is 6. The van der Waals surface area contributed by atoms with Crippen LogP contribution in [-0.4, -0.2) is 48.9 Å². The Balaban J connectivity index is 1.00. The molecule has 7 heteroatoms. The van der Waals surface area contributed by atoms with Crippen molar-refractivity contribution >= 4 is 16.8 Å². The van der Waals surface area contributed by atoms with Crippen LogP contribution in [0.1, 0.15) is 59.6 Å². The molecular weight excluding hydrogens is 423 g/mol. The van der Waals surface area contributed by atoms with E-state index in [2.05, 4.69) is 10.1 Å². The summed E-state index contributed by atoms with van der Waals surface area (Å²) in [4.78, 5) is 14.4. The topological polar surface area (TPSA) is 64.8 Å². The third-order valence-electron chi connectivity index (χ3n) is 6.74. The number of ketones is 1. The standard InChI is InChI=1S/C26H29FN2O4/c27-20-5-7-23-25(16-20)33-28-26(23)18-9-12-29(13-10-18)11-2-14-31-17-32-21-6-8-22-19(15-21)3-1-4-24(22)30/h5-8,15-16,18H,1-4,9-14,17H2. The van der Waals surface area contributed by atoms with Gasteiger partial charge in [0.25, 0.3) is 0 Å². The molecule has 0 bridgehead atoms. The summed E-state index contributed by atoms with van der Waals surface area (Å²) in [6.07, 6.45) is 5.47. The van der Waals surface area contributed by atoms with E-state index < -0.39 is 0 Å². The van der Waals surface area contributed by atoms with Crippen molar-refractivity contribution in [3.8, 4) is 5.75 Å². The van der Waals surface area contributed by atoms with Crippen molar-refractivity contribution in [2.24, 2.45) is 0 Å². The second-order valence-electron chi connectivity index (χ2n) is 8.94. The molecule has 2 heterocycles. The SMILES string of the molecule is O=C1CCCc2cc(OCOCCCN3CCC(c4noc5cc(F)ccc45)CC3)ccc21. The first-order chi connectivity index (χ1) is 16.2. The van der Waals surface area contributed by atoms with Crippen LogP contribution < -0.4 is 4.74 Å². The molecule has 2 aliphatic rings. The molecule has 3 aromatic rings. The summed E-state index contributed by atoms with van der Waals surface area (Å²) in [6.45, 7) is 3.85. The Labute approximate surface area is 192 Å². The minimum absolute atomic E-state index is 0.217. The van der Waals surface area contributed by atoms with Crippen molar-refractivity contribution in [2.45, 2.75) is 44.4 Å². The van der Waals surface area contributed by atoms with Crippen LogP contribution >= 0.6 is 0 Å². The van der Waals surface area contributed by atoms with Gasteiger partial charge in [0.1, 0.15) is 11.6 Å². The van der Waals surface area contributed by atoms with Gasteiger partial charge in [-0.05, 0) is 81.1 Å². The first-order valence-electron chi connectivity index (χ1n) is 11.8. The van der Waals surface area contributed by atoms with Crippen molar-refractivity contribution in [1.82, 2.24) is 10.1 Å². The molecule has 0 unspecified atom stereocenters. The second-order valence-corrected chi connectivity index (χ2v) is 8.94. The van der Waals surface area contributed by atoms with E-state index in [1.807, 2.05) is 18.2 Å². The molecule has 0 N–H and O–H groups in total. The highest BCUT2D eigenvalue weighted by molar-refractivity contribution is 5.98. The molecule has 33 heavy (non-hydrogen) atoms. The van der Waals surface area contributed by atoms with Crippen LogP contribution in [0.25, 0.3) is 11.0 Å². The molecule has 0 radical (unpaired) electrons. The van der Waals surface area contributed by atoms with E-state index in [1.54, 1.807) is 6.07 Å². The fraction of sp³-hybridized carbons (Fsp3) is 0.462. The Morgan fingerprint density at radius 1 is 1.12 bits per heavy atom. The van der Waals surface area contributed by atoms with Gasteiger partial charge in [-0.25, -0.2) is 4.39 Å². The minimum Gasteiger partial charge on any atom is -0.468 e. The third kappa shape index (κ3) is 5.09. The maximum Gasteiger partial charge on any atom is 0.189 e. The highest BCUT2D eigenvalue weighted by Crippen LogP contribution is 2.32. The van der Waals surface area contributed by atoms with E-state index >= 15 is 0 Å². The number of carbonyl (C=O) groups excluding carboxylic acids is 1. The van der Waals surface area contributed by atoms with Gasteiger partial charge in [0, 0.05) is 35.9 Å². The zero-order valence-electron chi connectivity index (χ0n) is 18.7. The second kappa shape index (κ2) is 10.0. The Kier molecular flexibility index (Phi) is 6.69. The van der Waals surface area contributed by atoms with Crippen LogP contribution in [0, 0.1) is 5.82 Å². The first-order valence-corrected chi connectivity index (χ1v) is 11.8. The molecule has 0 saturated carbocycles. The number of fused-ring (bicyclic) bond motifs is 2. The van der Waals surface area contributed by atoms with Crippen LogP contribution in [0.15, 0.2) is 40.9 Å². The summed E-state index contributed by atoms with van der Waals surface area (Å²) < 4.78 is 30.1. The molecule has 174 valence electrons. The van der Waals surface area contributed by atoms with Gasteiger partial charge < -0.3 is 18.9 Å². The summed E-state index contributed by atoms with van der Waals surface area (Å²) in [6, 6.07) is 10.3. The van der Waals surface area contributed by atoms with Crippen LogP contribution in [0.5, 0.6) is 5.75 Å². The van der Waals surface area contributed by atoms with Crippen LogP contribution in [-0.2, 0) is 11.2 Å². The number of benzene rings is 2. The number of hydrogen-bond donors (Lipinski definition) is 0. The molecule has 1 aliphatic heterocycles. The normalized spacial score (nSPS) is 17.4. The Morgan fingerprint density at radius 3 is 2.88 bits per heavy atom. The lowest BCUT2D eigenvalue weighted by Gasteiger charge is -2.31. The number of ether oxygens (including phenoxy) is 2. The predicted molar refractivity (Wildman–Crippen MR) is 122 cm³/mol. The molecule has 1 aliphatic carbocycles. The van der Waals surface area contributed by atoms with Gasteiger partial charge in [0.2, 0.25) is 0 Å². The van der Waals surface area contributed by atoms with Gasteiger partial charge in [-0.3, -0.25) is 4.79 Å². The van der Waals surface area contributed by atoms with Gasteiger partial charge >= 0.3 is 0 Å². The molecule has 1 saturated heterocycles. The third-order valence-corrected chi connectivity index (χ3v) is 6.74. The number of nitrogens with zero attached hydrogens (tertiary/aromatic N) is 2. The summed E-state index contributed by atoms with van der Waals surface area (Å²) >= 11 is 0. The molecular formula is C26H29FN2O4. The number of aryl methyl sites for hydroxylation is 1. The Morgan fingerprint density at radius 2 is 2.00 bits per heavy atom. The zero-order valence-corrected chi connectivity index (χ0v) is 18.7. The van der Waals surface area contributed by atoms with E-state index in [4.69, 9.17) is 14.0 Å². The van der Waals surface area contributed by atoms with Crippen molar-refractivity contribution in [3.05, 3.63) is 59.0 Å². The summed E-state index contributed by atoms with van der Waals surface area (Å²) in [7, 11) is 0. The molecule has 1 aromatic heterocycles. The average molecular weight is 453 g/mol. The number of carbonyl (C=O) groups is 1. The van der Waals surface area contributed by atoms with E-state index in [9.17, 15) is 9.18 Å². The van der Waals surface area contributed by atoms with E-state index in [-0.39, 0.29) is 18.4 Å². The van der Waals surface area contributed by atoms with Gasteiger partial charge in [-0.1, -0.05) is 5.16 Å². The monoisotopic (exact) mass is 452 g/mol. The van der Waals surface area contributed by atoms with E-state index in [1.165, 1.54) is 12.1 Å². The number of halogens is 1. The molecule has 1 fully saturated rings. The average Bonchev–Trinajstić information content (AvgIpc) is 3.25. The number of piperidine rings is 1. The summed E-state index contributed by atoms with van der Waals surface area (Å²) in [5, 5.41) is 5.15. The van der Waals surface area contributed by atoms with Gasteiger partial charge in [0.15, 0.2) is 18.2 Å².